The highest BCUT2D eigenvalue weighted by Crippen LogP contribution is 2.28. The Labute approximate surface area is 86.2 Å². The number of nitrogens with one attached hydrogen (secondary N) is 1. The average Bonchev–Trinajstić information content (AvgIpc) is 2.91. The van der Waals surface area contributed by atoms with Gasteiger partial charge in [-0.05, 0) is 31.6 Å². The summed E-state index contributed by atoms with van der Waals surface area (Å²) in [5.41, 5.74) is 0. The molecule has 0 bridgehead atoms. The van der Waals surface area contributed by atoms with E-state index in [9.17, 15) is 0 Å². The van der Waals surface area contributed by atoms with Gasteiger partial charge < -0.3 is 14.8 Å². The minimum absolute atomic E-state index is 0.500. The molecule has 2 saturated carbocycles. The van der Waals surface area contributed by atoms with Crippen LogP contribution in [-0.2, 0) is 9.47 Å². The minimum atomic E-state index is 0.500. The van der Waals surface area contributed by atoms with Crippen LogP contribution in [0.2, 0.25) is 0 Å². The van der Waals surface area contributed by atoms with Crippen molar-refractivity contribution in [1.82, 2.24) is 5.32 Å². The summed E-state index contributed by atoms with van der Waals surface area (Å²) in [6.45, 7) is 2.84. The Morgan fingerprint density at radius 2 is 2.07 bits per heavy atom. The van der Waals surface area contributed by atoms with E-state index in [1.807, 2.05) is 0 Å². The third-order valence-corrected chi connectivity index (χ3v) is 3.16. The molecule has 0 saturated heterocycles. The van der Waals surface area contributed by atoms with Gasteiger partial charge in [-0.25, -0.2) is 0 Å². The Hall–Kier alpha value is -0.120. The molecule has 0 radical (unpaired) electrons. The van der Waals surface area contributed by atoms with Gasteiger partial charge in [-0.1, -0.05) is 0 Å². The van der Waals surface area contributed by atoms with Gasteiger partial charge in [0.25, 0.3) is 0 Å². The second-order valence-corrected chi connectivity index (χ2v) is 4.50. The summed E-state index contributed by atoms with van der Waals surface area (Å²) in [5, 5.41) is 3.47. The predicted molar refractivity (Wildman–Crippen MR) is 55.4 cm³/mol. The normalized spacial score (nSPS) is 31.5. The Balaban J connectivity index is 1.36. The van der Waals surface area contributed by atoms with Gasteiger partial charge in [-0.2, -0.15) is 0 Å². The van der Waals surface area contributed by atoms with Gasteiger partial charge in [0.05, 0.1) is 12.7 Å². The van der Waals surface area contributed by atoms with E-state index in [1.54, 1.807) is 7.11 Å². The maximum atomic E-state index is 5.54. The molecule has 2 fully saturated rings. The van der Waals surface area contributed by atoms with E-state index in [-0.39, 0.29) is 0 Å². The van der Waals surface area contributed by atoms with Crippen molar-refractivity contribution in [1.29, 1.82) is 0 Å². The van der Waals surface area contributed by atoms with Crippen molar-refractivity contribution >= 4 is 0 Å². The molecular weight excluding hydrogens is 178 g/mol. The predicted octanol–water partition coefficient (Wildman–Crippen LogP) is 1.18. The minimum Gasteiger partial charge on any atom is -0.381 e. The molecule has 14 heavy (non-hydrogen) atoms. The second kappa shape index (κ2) is 5.10. The van der Waals surface area contributed by atoms with E-state index < -0.39 is 0 Å². The Morgan fingerprint density at radius 3 is 2.71 bits per heavy atom. The van der Waals surface area contributed by atoms with Gasteiger partial charge in [-0.15, -0.1) is 0 Å². The molecule has 0 aromatic rings. The van der Waals surface area contributed by atoms with E-state index in [0.29, 0.717) is 12.1 Å². The highest BCUT2D eigenvalue weighted by Gasteiger charge is 2.28. The third kappa shape index (κ3) is 3.23. The molecule has 0 heterocycles. The number of methoxy groups -OCH3 is 1. The van der Waals surface area contributed by atoms with Gasteiger partial charge in [0, 0.05) is 26.3 Å². The second-order valence-electron chi connectivity index (χ2n) is 4.50. The molecule has 0 aromatic carbocycles. The van der Waals surface area contributed by atoms with Crippen LogP contribution >= 0.6 is 0 Å². The lowest BCUT2D eigenvalue weighted by Crippen LogP contribution is -2.46. The van der Waals surface area contributed by atoms with Gasteiger partial charge in [0.15, 0.2) is 0 Å². The number of ether oxygens (including phenoxy) is 2. The van der Waals surface area contributed by atoms with Crippen LogP contribution in [0.3, 0.4) is 0 Å². The molecule has 0 aliphatic heterocycles. The standard InChI is InChI=1S/C11H21NO2/c1-13-11-6-10(7-11)12-4-5-14-8-9-2-3-9/h9-12H,2-8H2,1H3. The van der Waals surface area contributed by atoms with Gasteiger partial charge >= 0.3 is 0 Å². The fraction of sp³-hybridized carbons (Fsp3) is 1.00. The first-order chi connectivity index (χ1) is 6.88. The monoisotopic (exact) mass is 199 g/mol. The van der Waals surface area contributed by atoms with Crippen LogP contribution in [0.1, 0.15) is 25.7 Å². The summed E-state index contributed by atoms with van der Waals surface area (Å²) in [6, 6.07) is 0.671. The SMILES string of the molecule is COC1CC(NCCOCC2CC2)C1. The molecule has 0 atom stereocenters. The van der Waals surface area contributed by atoms with E-state index in [0.717, 1.165) is 25.7 Å². The largest absolute Gasteiger partial charge is 0.381 e. The van der Waals surface area contributed by atoms with Crippen LogP contribution in [0.4, 0.5) is 0 Å². The fourth-order valence-corrected chi connectivity index (χ4v) is 1.79. The quantitative estimate of drug-likeness (QED) is 0.625. The summed E-state index contributed by atoms with van der Waals surface area (Å²) < 4.78 is 10.7. The van der Waals surface area contributed by atoms with Crippen LogP contribution in [0.25, 0.3) is 0 Å². The van der Waals surface area contributed by atoms with Gasteiger partial charge in [-0.3, -0.25) is 0 Å². The van der Waals surface area contributed by atoms with Crippen LogP contribution in [0.5, 0.6) is 0 Å². The molecule has 0 amide bonds. The number of rotatable bonds is 7. The molecule has 0 unspecified atom stereocenters. The zero-order valence-electron chi connectivity index (χ0n) is 9.00. The highest BCUT2D eigenvalue weighted by atomic mass is 16.5. The summed E-state index contributed by atoms with van der Waals surface area (Å²) in [4.78, 5) is 0. The van der Waals surface area contributed by atoms with Gasteiger partial charge in [0.1, 0.15) is 0 Å². The first-order valence-electron chi connectivity index (χ1n) is 5.72. The third-order valence-electron chi connectivity index (χ3n) is 3.16. The van der Waals surface area contributed by atoms with Crippen molar-refractivity contribution in [2.24, 2.45) is 5.92 Å². The van der Waals surface area contributed by atoms with Crippen molar-refractivity contribution in [3.63, 3.8) is 0 Å². The topological polar surface area (TPSA) is 30.5 Å². The number of hydrogen-bond acceptors (Lipinski definition) is 3. The molecule has 0 aromatic heterocycles. The molecular formula is C11H21NO2. The van der Waals surface area contributed by atoms with Crippen molar-refractivity contribution < 1.29 is 9.47 Å². The van der Waals surface area contributed by atoms with Crippen molar-refractivity contribution in [2.45, 2.75) is 37.8 Å². The van der Waals surface area contributed by atoms with E-state index in [1.165, 1.54) is 25.7 Å². The maximum absolute atomic E-state index is 5.54. The first kappa shape index (κ1) is 10.4. The maximum Gasteiger partial charge on any atom is 0.0601 e. The molecule has 3 nitrogen and oxygen atoms in total. The Kier molecular flexibility index (Phi) is 3.79. The molecule has 2 aliphatic rings. The van der Waals surface area contributed by atoms with Crippen molar-refractivity contribution in [2.75, 3.05) is 26.9 Å². The van der Waals surface area contributed by atoms with Gasteiger partial charge in [0.2, 0.25) is 0 Å². The van der Waals surface area contributed by atoms with E-state index >= 15 is 0 Å². The van der Waals surface area contributed by atoms with Crippen LogP contribution in [0.15, 0.2) is 0 Å². The summed E-state index contributed by atoms with van der Waals surface area (Å²) in [6.07, 6.45) is 5.59. The first-order valence-corrected chi connectivity index (χ1v) is 5.72. The molecule has 0 spiro atoms. The van der Waals surface area contributed by atoms with Crippen molar-refractivity contribution in [3.05, 3.63) is 0 Å². The molecule has 1 N–H and O–H groups in total. The van der Waals surface area contributed by atoms with Crippen molar-refractivity contribution in [3.8, 4) is 0 Å². The van der Waals surface area contributed by atoms with E-state index in [4.69, 9.17) is 9.47 Å². The lowest BCUT2D eigenvalue weighted by Gasteiger charge is -2.34. The molecule has 2 aliphatic carbocycles. The van der Waals surface area contributed by atoms with Crippen LogP contribution in [0, 0.1) is 5.92 Å². The summed E-state index contributed by atoms with van der Waals surface area (Å²) >= 11 is 0. The Morgan fingerprint density at radius 1 is 1.29 bits per heavy atom. The number of hydrogen-bond donors (Lipinski definition) is 1. The summed E-state index contributed by atoms with van der Waals surface area (Å²) in [7, 11) is 1.79. The Bertz CT molecular complexity index is 165. The molecule has 2 rings (SSSR count). The molecule has 82 valence electrons. The lowest BCUT2D eigenvalue weighted by molar-refractivity contribution is 0.0147. The fourth-order valence-electron chi connectivity index (χ4n) is 1.79. The van der Waals surface area contributed by atoms with Crippen LogP contribution in [-0.4, -0.2) is 39.0 Å². The smallest absolute Gasteiger partial charge is 0.0601 e. The zero-order chi connectivity index (χ0) is 9.80. The highest BCUT2D eigenvalue weighted by molar-refractivity contribution is 4.85. The molecule has 3 heteroatoms. The lowest BCUT2D eigenvalue weighted by atomic mass is 9.89. The van der Waals surface area contributed by atoms with Crippen LogP contribution < -0.4 is 5.32 Å². The zero-order valence-corrected chi connectivity index (χ0v) is 9.00. The summed E-state index contributed by atoms with van der Waals surface area (Å²) in [5.74, 6) is 0.886. The van der Waals surface area contributed by atoms with E-state index in [2.05, 4.69) is 5.32 Å². The average molecular weight is 199 g/mol.